The summed E-state index contributed by atoms with van der Waals surface area (Å²) in [7, 11) is 0. The molecule has 0 aliphatic carbocycles. The highest BCUT2D eigenvalue weighted by Crippen LogP contribution is 2.29. The van der Waals surface area contributed by atoms with E-state index in [0.29, 0.717) is 12.8 Å². The van der Waals surface area contributed by atoms with E-state index in [0.717, 1.165) is 62.5 Å². The first-order valence-electron chi connectivity index (χ1n) is 11.8. The number of piperidine rings is 1. The van der Waals surface area contributed by atoms with Crippen LogP contribution in [-0.4, -0.2) is 64.0 Å². The largest absolute Gasteiger partial charge is 0.352 e. The quantitative estimate of drug-likeness (QED) is 0.578. The molecular formula is C25H27FN6O2. The lowest BCUT2D eigenvalue weighted by molar-refractivity contribution is -0.137. The Kier molecular flexibility index (Phi) is 5.30. The highest BCUT2D eigenvalue weighted by molar-refractivity contribution is 6.00. The summed E-state index contributed by atoms with van der Waals surface area (Å²) in [4.78, 5) is 30.6. The molecule has 3 aromatic rings. The first kappa shape index (κ1) is 21.2. The molecule has 2 aromatic carbocycles. The Morgan fingerprint density at radius 2 is 1.82 bits per heavy atom. The Morgan fingerprint density at radius 1 is 1.00 bits per heavy atom. The van der Waals surface area contributed by atoms with Crippen LogP contribution in [0.4, 0.5) is 10.2 Å². The fourth-order valence-corrected chi connectivity index (χ4v) is 5.42. The maximum Gasteiger partial charge on any atom is 0.243 e. The Hall–Kier alpha value is -3.30. The van der Waals surface area contributed by atoms with Crippen molar-refractivity contribution >= 4 is 28.5 Å². The molecule has 1 aromatic heterocycles. The number of imide groups is 1. The van der Waals surface area contributed by atoms with Crippen LogP contribution in [0.15, 0.2) is 36.4 Å². The minimum atomic E-state index is -0.262. The van der Waals surface area contributed by atoms with E-state index in [9.17, 15) is 14.0 Å². The van der Waals surface area contributed by atoms with Gasteiger partial charge in [-0.2, -0.15) is 5.10 Å². The lowest BCUT2D eigenvalue weighted by Crippen LogP contribution is -2.50. The van der Waals surface area contributed by atoms with Gasteiger partial charge >= 0.3 is 0 Å². The summed E-state index contributed by atoms with van der Waals surface area (Å²) in [5.41, 5.74) is 4.54. The van der Waals surface area contributed by atoms with Crippen LogP contribution in [0.25, 0.3) is 10.9 Å². The maximum atomic E-state index is 13.5. The molecule has 34 heavy (non-hydrogen) atoms. The van der Waals surface area contributed by atoms with Crippen molar-refractivity contribution in [1.29, 1.82) is 0 Å². The normalized spacial score (nSPS) is 21.8. The third-order valence-corrected chi connectivity index (χ3v) is 7.25. The van der Waals surface area contributed by atoms with Crippen molar-refractivity contribution < 1.29 is 14.0 Å². The number of benzene rings is 2. The van der Waals surface area contributed by atoms with Crippen LogP contribution in [0.2, 0.25) is 0 Å². The first-order chi connectivity index (χ1) is 16.5. The van der Waals surface area contributed by atoms with Gasteiger partial charge in [0.15, 0.2) is 5.82 Å². The summed E-state index contributed by atoms with van der Waals surface area (Å²) in [5, 5.41) is 10.8. The fraction of sp³-hybridized carbons (Fsp3) is 0.400. The summed E-state index contributed by atoms with van der Waals surface area (Å²) < 4.78 is 13.5. The number of nitrogens with one attached hydrogen (secondary N) is 2. The Balaban J connectivity index is 1.07. The van der Waals surface area contributed by atoms with Gasteiger partial charge in [-0.1, -0.05) is 18.2 Å². The van der Waals surface area contributed by atoms with Gasteiger partial charge in [-0.3, -0.25) is 29.8 Å². The maximum absolute atomic E-state index is 13.5. The van der Waals surface area contributed by atoms with Crippen LogP contribution < -0.4 is 10.2 Å². The molecule has 2 amide bonds. The van der Waals surface area contributed by atoms with E-state index in [1.165, 1.54) is 28.8 Å². The number of piperazine rings is 1. The van der Waals surface area contributed by atoms with E-state index < -0.39 is 0 Å². The molecule has 6 rings (SSSR count). The van der Waals surface area contributed by atoms with Gasteiger partial charge in [-0.25, -0.2) is 4.39 Å². The number of H-pyrrole nitrogens is 1. The zero-order valence-corrected chi connectivity index (χ0v) is 18.9. The van der Waals surface area contributed by atoms with Crippen LogP contribution in [0.5, 0.6) is 0 Å². The topological polar surface area (TPSA) is 84.6 Å². The second-order valence-electron chi connectivity index (χ2n) is 9.48. The molecule has 2 fully saturated rings. The van der Waals surface area contributed by atoms with Crippen LogP contribution in [0.1, 0.15) is 29.5 Å². The van der Waals surface area contributed by atoms with Crippen molar-refractivity contribution in [3.63, 3.8) is 0 Å². The van der Waals surface area contributed by atoms with E-state index >= 15 is 0 Å². The van der Waals surface area contributed by atoms with Crippen LogP contribution in [0, 0.1) is 5.82 Å². The molecule has 9 heteroatoms. The number of aromatic nitrogens is 2. The molecule has 3 aliphatic rings. The van der Waals surface area contributed by atoms with Gasteiger partial charge in [0, 0.05) is 57.6 Å². The molecule has 2 saturated heterocycles. The van der Waals surface area contributed by atoms with Crippen molar-refractivity contribution in [2.24, 2.45) is 0 Å². The second-order valence-corrected chi connectivity index (χ2v) is 9.48. The van der Waals surface area contributed by atoms with E-state index in [2.05, 4.69) is 48.4 Å². The van der Waals surface area contributed by atoms with E-state index in [1.54, 1.807) is 6.07 Å². The first-order valence-corrected chi connectivity index (χ1v) is 11.8. The Labute approximate surface area is 196 Å². The van der Waals surface area contributed by atoms with Crippen molar-refractivity contribution in [1.82, 2.24) is 25.3 Å². The summed E-state index contributed by atoms with van der Waals surface area (Å²) in [6.45, 7) is 5.96. The molecule has 0 bridgehead atoms. The number of hydrogen-bond acceptors (Lipinski definition) is 6. The molecule has 176 valence electrons. The molecule has 0 radical (unpaired) electrons. The van der Waals surface area contributed by atoms with Gasteiger partial charge in [0.05, 0.1) is 11.6 Å². The predicted octanol–water partition coefficient (Wildman–Crippen LogP) is 2.15. The number of hydrogen-bond donors (Lipinski definition) is 2. The number of aromatic amines is 1. The van der Waals surface area contributed by atoms with E-state index in [-0.39, 0.29) is 23.7 Å². The highest BCUT2D eigenvalue weighted by atomic mass is 19.1. The molecule has 8 nitrogen and oxygen atoms in total. The van der Waals surface area contributed by atoms with Crippen molar-refractivity contribution in [2.45, 2.75) is 38.5 Å². The molecule has 2 N–H and O–H groups in total. The lowest BCUT2D eigenvalue weighted by Gasteiger charge is -2.35. The molecule has 1 atom stereocenters. The minimum Gasteiger partial charge on any atom is -0.352 e. The third kappa shape index (κ3) is 3.95. The number of carbonyl (C=O) groups excluding carboxylic acids is 2. The van der Waals surface area contributed by atoms with Gasteiger partial charge in [0.25, 0.3) is 0 Å². The van der Waals surface area contributed by atoms with Crippen LogP contribution in [0.3, 0.4) is 0 Å². The zero-order chi connectivity index (χ0) is 23.2. The average Bonchev–Trinajstić information content (AvgIpc) is 3.43. The molecule has 4 heterocycles. The van der Waals surface area contributed by atoms with Gasteiger partial charge in [-0.15, -0.1) is 0 Å². The van der Waals surface area contributed by atoms with Crippen molar-refractivity contribution in [2.75, 3.05) is 31.1 Å². The van der Waals surface area contributed by atoms with Gasteiger partial charge in [0.1, 0.15) is 5.82 Å². The summed E-state index contributed by atoms with van der Waals surface area (Å²) >= 11 is 0. The van der Waals surface area contributed by atoms with Crippen LogP contribution in [-0.2, 0) is 29.2 Å². The Morgan fingerprint density at radius 3 is 2.65 bits per heavy atom. The summed E-state index contributed by atoms with van der Waals surface area (Å²) in [6, 6.07) is 11.2. The molecule has 3 aliphatic heterocycles. The molecule has 0 spiro atoms. The number of halogens is 1. The number of amides is 2. The second kappa shape index (κ2) is 8.48. The predicted molar refractivity (Wildman–Crippen MR) is 125 cm³/mol. The fourth-order valence-electron chi connectivity index (χ4n) is 5.42. The van der Waals surface area contributed by atoms with E-state index in [1.807, 2.05) is 0 Å². The summed E-state index contributed by atoms with van der Waals surface area (Å²) in [6.07, 6.45) is 1.00. The SMILES string of the molecule is O=C1CCC(N2Cc3ccc(CN4CCN(c5n[nH]c6cc(F)ccc56)CC4)cc3C2)C(=O)N1. The van der Waals surface area contributed by atoms with Crippen molar-refractivity contribution in [3.8, 4) is 0 Å². The van der Waals surface area contributed by atoms with Crippen LogP contribution >= 0.6 is 0 Å². The number of rotatable bonds is 4. The smallest absolute Gasteiger partial charge is 0.243 e. The lowest BCUT2D eigenvalue weighted by atomic mass is 10.0. The number of anilines is 1. The standard InChI is InChI=1S/C25H27FN6O2/c26-19-3-4-20-21(12-19)28-29-24(20)31-9-7-30(8-10-31)13-16-1-2-17-14-32(15-18(17)11-16)22-5-6-23(33)27-25(22)34/h1-4,11-12,22H,5-10,13-15H2,(H,28,29)(H,27,33,34). The number of fused-ring (bicyclic) bond motifs is 2. The highest BCUT2D eigenvalue weighted by Gasteiger charge is 2.34. The minimum absolute atomic E-state index is 0.169. The van der Waals surface area contributed by atoms with Gasteiger partial charge in [-0.05, 0) is 41.3 Å². The van der Waals surface area contributed by atoms with Gasteiger partial charge < -0.3 is 4.90 Å². The van der Waals surface area contributed by atoms with E-state index in [4.69, 9.17) is 0 Å². The third-order valence-electron chi connectivity index (χ3n) is 7.25. The molecule has 1 unspecified atom stereocenters. The Bertz CT molecular complexity index is 1270. The summed E-state index contributed by atoms with van der Waals surface area (Å²) in [5.74, 6) is 0.287. The average molecular weight is 463 g/mol. The van der Waals surface area contributed by atoms with Gasteiger partial charge in [0.2, 0.25) is 11.8 Å². The number of nitrogens with zero attached hydrogens (tertiary/aromatic N) is 4. The monoisotopic (exact) mass is 462 g/mol. The zero-order valence-electron chi connectivity index (χ0n) is 18.9. The van der Waals surface area contributed by atoms with Crippen molar-refractivity contribution in [3.05, 3.63) is 58.9 Å². The number of carbonyl (C=O) groups is 2. The molecular weight excluding hydrogens is 435 g/mol. The molecule has 0 saturated carbocycles.